The molecule has 140 valence electrons. The largest absolute Gasteiger partial charge is 0.452 e. The summed E-state index contributed by atoms with van der Waals surface area (Å²) in [6, 6.07) is 1.73. The summed E-state index contributed by atoms with van der Waals surface area (Å²) in [5.41, 5.74) is 2.31. The van der Waals surface area contributed by atoms with E-state index in [0.717, 1.165) is 37.1 Å². The highest BCUT2D eigenvalue weighted by Gasteiger charge is 2.37. The van der Waals surface area contributed by atoms with Gasteiger partial charge in [-0.1, -0.05) is 20.8 Å². The zero-order chi connectivity index (χ0) is 18.7. The van der Waals surface area contributed by atoms with E-state index < -0.39 is 0 Å². The van der Waals surface area contributed by atoms with E-state index in [0.29, 0.717) is 18.1 Å². The average molecular weight is 378 g/mol. The molecule has 26 heavy (non-hydrogen) atoms. The van der Waals surface area contributed by atoms with Crippen molar-refractivity contribution < 1.29 is 9.21 Å². The number of anilines is 1. The smallest absolute Gasteiger partial charge is 0.259 e. The van der Waals surface area contributed by atoms with Crippen molar-refractivity contribution >= 4 is 23.5 Å². The highest BCUT2D eigenvalue weighted by Crippen LogP contribution is 2.27. The van der Waals surface area contributed by atoms with Crippen LogP contribution in [0.4, 0.5) is 5.95 Å². The Morgan fingerprint density at radius 2 is 2.08 bits per heavy atom. The predicted molar refractivity (Wildman–Crippen MR) is 99.4 cm³/mol. The van der Waals surface area contributed by atoms with Gasteiger partial charge in [-0.2, -0.15) is 5.10 Å². The molecule has 3 heterocycles. The Bertz CT molecular complexity index is 779. The summed E-state index contributed by atoms with van der Waals surface area (Å²) in [5, 5.41) is 12.0. The molecule has 0 bridgehead atoms. The molecule has 7 nitrogen and oxygen atoms in total. The molecule has 3 rings (SSSR count). The molecule has 2 aromatic rings. The number of nitrogens with one attached hydrogen (secondary N) is 1. The minimum atomic E-state index is -0.102. The summed E-state index contributed by atoms with van der Waals surface area (Å²) in [6.45, 7) is 6.83. The molecule has 2 aromatic heterocycles. The van der Waals surface area contributed by atoms with E-state index in [-0.39, 0.29) is 23.2 Å². The van der Waals surface area contributed by atoms with E-state index in [1.807, 2.05) is 11.8 Å². The second kappa shape index (κ2) is 8.03. The third kappa shape index (κ3) is 3.53. The predicted octanol–water partition coefficient (Wildman–Crippen LogP) is 3.35. The first kappa shape index (κ1) is 18.6. The van der Waals surface area contributed by atoms with Gasteiger partial charge in [0.1, 0.15) is 0 Å². The van der Waals surface area contributed by atoms with Crippen molar-refractivity contribution in [2.75, 3.05) is 11.9 Å². The van der Waals surface area contributed by atoms with E-state index >= 15 is 0 Å². The summed E-state index contributed by atoms with van der Waals surface area (Å²) in [4.78, 5) is 19.2. The molecule has 8 heteroatoms. The van der Waals surface area contributed by atoms with Crippen LogP contribution in [0.5, 0.6) is 0 Å². The number of aryl methyl sites for hydroxylation is 2. The molecule has 1 saturated heterocycles. The lowest BCUT2D eigenvalue weighted by atomic mass is 10.1. The van der Waals surface area contributed by atoms with Crippen molar-refractivity contribution in [3.8, 4) is 0 Å². The molecular weight excluding hydrogens is 354 g/mol. The lowest BCUT2D eigenvalue weighted by Crippen LogP contribution is -2.42. The third-order valence-corrected chi connectivity index (χ3v) is 5.19. The average Bonchev–Trinajstić information content (AvgIpc) is 3.26. The lowest BCUT2D eigenvalue weighted by Gasteiger charge is -2.27. The number of carbonyl (C=O) groups excluding carboxylic acids is 1. The maximum Gasteiger partial charge on any atom is 0.259 e. The van der Waals surface area contributed by atoms with Crippen LogP contribution in [-0.2, 0) is 12.8 Å². The van der Waals surface area contributed by atoms with Crippen LogP contribution in [-0.4, -0.2) is 44.6 Å². The Hall–Kier alpha value is -2.15. The van der Waals surface area contributed by atoms with Gasteiger partial charge in [-0.05, 0) is 43.4 Å². The maximum atomic E-state index is 12.8. The Morgan fingerprint density at radius 3 is 2.69 bits per heavy atom. The van der Waals surface area contributed by atoms with E-state index in [9.17, 15) is 4.79 Å². The molecule has 1 N–H and O–H groups in total. The SMILES string of the molecule is CCc1nnc(N[C@H]2CCN(C(=O)c3ccoc3Cl)[C@@H]2CC)nc1CC. The molecule has 0 saturated carbocycles. The summed E-state index contributed by atoms with van der Waals surface area (Å²) < 4.78 is 5.06. The standard InChI is InChI=1S/C18H24ClN5O2/c1-4-12-13(5-2)22-23-18(20-12)21-14-7-9-24(15(14)6-3)17(25)11-8-10-26-16(11)19/h8,10,14-15H,4-7,9H2,1-3H3,(H,20,21,23)/t14-,15+/m0/s1. The van der Waals surface area contributed by atoms with Crippen LogP contribution in [0.3, 0.4) is 0 Å². The molecule has 1 fully saturated rings. The van der Waals surface area contributed by atoms with Gasteiger partial charge >= 0.3 is 0 Å². The number of likely N-dealkylation sites (tertiary alicyclic amines) is 1. The second-order valence-corrected chi connectivity index (χ2v) is 6.70. The van der Waals surface area contributed by atoms with Crippen LogP contribution in [0.1, 0.15) is 55.4 Å². The highest BCUT2D eigenvalue weighted by atomic mass is 35.5. The maximum absolute atomic E-state index is 12.8. The number of hydrogen-bond donors (Lipinski definition) is 1. The first-order valence-electron chi connectivity index (χ1n) is 9.11. The number of aromatic nitrogens is 3. The van der Waals surface area contributed by atoms with Gasteiger partial charge in [0.15, 0.2) is 0 Å². The highest BCUT2D eigenvalue weighted by molar-refractivity contribution is 6.32. The molecule has 0 spiro atoms. The van der Waals surface area contributed by atoms with Crippen LogP contribution in [0.15, 0.2) is 16.7 Å². The Balaban J connectivity index is 1.75. The zero-order valence-corrected chi connectivity index (χ0v) is 16.1. The van der Waals surface area contributed by atoms with E-state index in [4.69, 9.17) is 16.0 Å². The van der Waals surface area contributed by atoms with Crippen molar-refractivity contribution in [1.82, 2.24) is 20.1 Å². The topological polar surface area (TPSA) is 84.2 Å². The molecule has 0 unspecified atom stereocenters. The summed E-state index contributed by atoms with van der Waals surface area (Å²) >= 11 is 5.97. The minimum absolute atomic E-state index is 0.0352. The molecule has 0 aromatic carbocycles. The van der Waals surface area contributed by atoms with Gasteiger partial charge in [-0.25, -0.2) is 4.98 Å². The molecule has 2 atom stereocenters. The van der Waals surface area contributed by atoms with Gasteiger partial charge in [0, 0.05) is 6.54 Å². The number of hydrogen-bond acceptors (Lipinski definition) is 6. The summed E-state index contributed by atoms with van der Waals surface area (Å²) in [5.74, 6) is 0.424. The molecule has 1 amide bonds. The van der Waals surface area contributed by atoms with Crippen molar-refractivity contribution in [1.29, 1.82) is 0 Å². The van der Waals surface area contributed by atoms with Gasteiger partial charge in [0.05, 0.1) is 35.3 Å². The van der Waals surface area contributed by atoms with Gasteiger partial charge in [0.25, 0.3) is 5.91 Å². The molecule has 1 aliphatic heterocycles. The Labute approximate surface area is 158 Å². The Kier molecular flexibility index (Phi) is 5.76. The fourth-order valence-electron chi connectivity index (χ4n) is 3.54. The van der Waals surface area contributed by atoms with Crippen LogP contribution in [0.25, 0.3) is 0 Å². The number of nitrogens with zero attached hydrogens (tertiary/aromatic N) is 4. The van der Waals surface area contributed by atoms with Gasteiger partial charge in [-0.3, -0.25) is 4.79 Å². The number of carbonyl (C=O) groups is 1. The van der Waals surface area contributed by atoms with E-state index in [1.165, 1.54) is 6.26 Å². The molecule has 0 radical (unpaired) electrons. The van der Waals surface area contributed by atoms with Crippen LogP contribution in [0, 0.1) is 0 Å². The zero-order valence-electron chi connectivity index (χ0n) is 15.3. The van der Waals surface area contributed by atoms with Gasteiger partial charge in [-0.15, -0.1) is 5.10 Å². The van der Waals surface area contributed by atoms with Crippen molar-refractivity contribution in [3.63, 3.8) is 0 Å². The number of amides is 1. The first-order chi connectivity index (χ1) is 12.6. The molecular formula is C18H24ClN5O2. The van der Waals surface area contributed by atoms with E-state index in [2.05, 4.69) is 34.3 Å². The molecule has 0 aliphatic carbocycles. The van der Waals surface area contributed by atoms with Crippen molar-refractivity contribution in [2.24, 2.45) is 0 Å². The molecule has 1 aliphatic rings. The second-order valence-electron chi connectivity index (χ2n) is 6.36. The van der Waals surface area contributed by atoms with E-state index in [1.54, 1.807) is 6.07 Å². The Morgan fingerprint density at radius 1 is 1.31 bits per heavy atom. The normalized spacial score (nSPS) is 19.8. The summed E-state index contributed by atoms with van der Waals surface area (Å²) in [6.07, 6.45) is 4.71. The fraction of sp³-hybridized carbons (Fsp3) is 0.556. The third-order valence-electron chi connectivity index (χ3n) is 4.90. The van der Waals surface area contributed by atoms with Crippen LogP contribution in [0.2, 0.25) is 5.22 Å². The van der Waals surface area contributed by atoms with Crippen LogP contribution >= 0.6 is 11.6 Å². The number of furan rings is 1. The fourth-order valence-corrected chi connectivity index (χ4v) is 3.74. The first-order valence-corrected chi connectivity index (χ1v) is 9.49. The van der Waals surface area contributed by atoms with Gasteiger partial charge < -0.3 is 14.6 Å². The van der Waals surface area contributed by atoms with Crippen molar-refractivity contribution in [3.05, 3.63) is 34.5 Å². The summed E-state index contributed by atoms with van der Waals surface area (Å²) in [7, 11) is 0. The number of rotatable bonds is 6. The quantitative estimate of drug-likeness (QED) is 0.831. The monoisotopic (exact) mass is 377 g/mol. The lowest BCUT2D eigenvalue weighted by molar-refractivity contribution is 0.0729. The number of halogens is 1. The van der Waals surface area contributed by atoms with Crippen LogP contribution < -0.4 is 5.32 Å². The van der Waals surface area contributed by atoms with Gasteiger partial charge in [0.2, 0.25) is 11.2 Å². The minimum Gasteiger partial charge on any atom is -0.452 e. The van der Waals surface area contributed by atoms with Crippen molar-refractivity contribution in [2.45, 2.75) is 58.5 Å².